The number of fused-ring (bicyclic) bond motifs is 1. The number of amides is 2. The molecule has 8 heteroatoms. The highest BCUT2D eigenvalue weighted by atomic mass is 35.5. The van der Waals surface area contributed by atoms with Crippen molar-refractivity contribution in [3.8, 4) is 0 Å². The van der Waals surface area contributed by atoms with Crippen LogP contribution in [0.2, 0.25) is 5.02 Å². The number of ether oxygens (including phenoxy) is 1. The van der Waals surface area contributed by atoms with Crippen LogP contribution in [0, 0.1) is 5.82 Å². The molecule has 1 aliphatic rings. The predicted molar refractivity (Wildman–Crippen MR) is 107 cm³/mol. The van der Waals surface area contributed by atoms with E-state index in [-0.39, 0.29) is 29.6 Å². The first-order chi connectivity index (χ1) is 13.8. The summed E-state index contributed by atoms with van der Waals surface area (Å²) in [6, 6.07) is 10.8. The Balaban J connectivity index is 1.52. The summed E-state index contributed by atoms with van der Waals surface area (Å²) in [7, 11) is 0. The zero-order valence-electron chi connectivity index (χ0n) is 15.6. The summed E-state index contributed by atoms with van der Waals surface area (Å²) in [6.07, 6.45) is -1.27. The third-order valence-corrected chi connectivity index (χ3v) is 4.68. The Bertz CT molecular complexity index is 973. The van der Waals surface area contributed by atoms with Crippen LogP contribution in [0.4, 0.5) is 10.1 Å². The molecular weight excluding hydrogens is 399 g/mol. The molecule has 1 unspecified atom stereocenters. The van der Waals surface area contributed by atoms with Crippen LogP contribution in [0.25, 0.3) is 5.70 Å². The van der Waals surface area contributed by atoms with Gasteiger partial charge in [0.15, 0.2) is 6.10 Å². The average Bonchev–Trinajstić information content (AvgIpc) is 2.93. The first-order valence-corrected chi connectivity index (χ1v) is 9.21. The Morgan fingerprint density at radius 1 is 1.24 bits per heavy atom. The second kappa shape index (κ2) is 8.45. The van der Waals surface area contributed by atoms with E-state index in [4.69, 9.17) is 16.3 Å². The van der Waals surface area contributed by atoms with Crippen LogP contribution in [0.5, 0.6) is 0 Å². The second-order valence-corrected chi connectivity index (χ2v) is 6.88. The number of carbonyl (C=O) groups is 3. The highest BCUT2D eigenvalue weighted by Crippen LogP contribution is 2.31. The van der Waals surface area contributed by atoms with Crippen molar-refractivity contribution in [2.24, 2.45) is 0 Å². The number of benzene rings is 2. The van der Waals surface area contributed by atoms with Gasteiger partial charge in [0.1, 0.15) is 5.82 Å². The van der Waals surface area contributed by atoms with Gasteiger partial charge in [-0.3, -0.25) is 14.4 Å². The van der Waals surface area contributed by atoms with Crippen molar-refractivity contribution in [3.63, 3.8) is 0 Å². The van der Waals surface area contributed by atoms with Crippen LogP contribution in [0.3, 0.4) is 0 Å². The molecule has 3 rings (SSSR count). The molecule has 0 saturated heterocycles. The maximum absolute atomic E-state index is 13.8. The molecule has 1 N–H and O–H groups in total. The number of carbonyl (C=O) groups excluding carboxylic acids is 3. The van der Waals surface area contributed by atoms with Gasteiger partial charge in [0.25, 0.3) is 11.8 Å². The predicted octanol–water partition coefficient (Wildman–Crippen LogP) is 3.87. The van der Waals surface area contributed by atoms with E-state index >= 15 is 0 Å². The molecule has 6 nitrogen and oxygen atoms in total. The van der Waals surface area contributed by atoms with Crippen LogP contribution in [0.15, 0.2) is 49.0 Å². The summed E-state index contributed by atoms with van der Waals surface area (Å²) in [6.45, 7) is 5.35. The average molecular weight is 417 g/mol. The molecule has 0 spiro atoms. The molecule has 2 aromatic carbocycles. The van der Waals surface area contributed by atoms with E-state index in [9.17, 15) is 18.8 Å². The van der Waals surface area contributed by atoms with Crippen molar-refractivity contribution in [1.82, 2.24) is 4.90 Å². The van der Waals surface area contributed by atoms with Crippen molar-refractivity contribution < 1.29 is 23.5 Å². The summed E-state index contributed by atoms with van der Waals surface area (Å²) in [5.41, 5.74) is 1.70. The maximum Gasteiger partial charge on any atom is 0.308 e. The molecule has 2 amide bonds. The van der Waals surface area contributed by atoms with Crippen LogP contribution in [0.1, 0.15) is 29.3 Å². The highest BCUT2D eigenvalue weighted by Gasteiger charge is 2.31. The molecular formula is C21H18ClFN2O4. The van der Waals surface area contributed by atoms with Crippen molar-refractivity contribution >= 4 is 40.8 Å². The lowest BCUT2D eigenvalue weighted by Gasteiger charge is -2.18. The monoisotopic (exact) mass is 416 g/mol. The van der Waals surface area contributed by atoms with E-state index in [0.29, 0.717) is 11.3 Å². The number of halogens is 2. The fourth-order valence-electron chi connectivity index (χ4n) is 2.91. The van der Waals surface area contributed by atoms with Gasteiger partial charge in [0.05, 0.1) is 12.1 Å². The summed E-state index contributed by atoms with van der Waals surface area (Å²) in [4.78, 5) is 38.1. The minimum absolute atomic E-state index is 0.0703. The number of nitrogens with zero attached hydrogens (tertiary/aromatic N) is 1. The van der Waals surface area contributed by atoms with Crippen LogP contribution in [-0.4, -0.2) is 35.3 Å². The van der Waals surface area contributed by atoms with Crippen molar-refractivity contribution in [2.75, 3.05) is 11.9 Å². The smallest absolute Gasteiger partial charge is 0.308 e. The van der Waals surface area contributed by atoms with Gasteiger partial charge >= 0.3 is 5.97 Å². The maximum atomic E-state index is 13.8. The minimum atomic E-state index is -1.15. The Labute approximate surface area is 171 Å². The molecule has 150 valence electrons. The van der Waals surface area contributed by atoms with Crippen molar-refractivity contribution in [1.29, 1.82) is 0 Å². The number of esters is 1. The Hall–Kier alpha value is -3.19. The molecule has 29 heavy (non-hydrogen) atoms. The van der Waals surface area contributed by atoms with Crippen molar-refractivity contribution in [2.45, 2.75) is 19.4 Å². The van der Waals surface area contributed by atoms with Gasteiger partial charge in [-0.15, -0.1) is 0 Å². The van der Waals surface area contributed by atoms with E-state index in [1.54, 1.807) is 24.3 Å². The van der Waals surface area contributed by atoms with Gasteiger partial charge < -0.3 is 15.0 Å². The Kier molecular flexibility index (Phi) is 5.98. The van der Waals surface area contributed by atoms with Gasteiger partial charge in [-0.25, -0.2) is 4.39 Å². The number of anilines is 1. The molecule has 2 aromatic rings. The SMILES string of the molecule is C=C1c2ccccc2C(=O)N1CCC(=O)OC(C)C(=O)Nc1ccc(Cl)cc1F. The minimum Gasteiger partial charge on any atom is -0.452 e. The fourth-order valence-corrected chi connectivity index (χ4v) is 3.07. The highest BCUT2D eigenvalue weighted by molar-refractivity contribution is 6.30. The third-order valence-electron chi connectivity index (χ3n) is 4.45. The summed E-state index contributed by atoms with van der Waals surface area (Å²) in [5.74, 6) is -2.29. The van der Waals surface area contributed by atoms with E-state index in [2.05, 4.69) is 11.9 Å². The molecule has 0 aromatic heterocycles. The number of hydrogen-bond donors (Lipinski definition) is 1. The second-order valence-electron chi connectivity index (χ2n) is 6.44. The molecule has 0 fully saturated rings. The quantitative estimate of drug-likeness (QED) is 0.725. The molecule has 1 aliphatic heterocycles. The zero-order valence-corrected chi connectivity index (χ0v) is 16.3. The van der Waals surface area contributed by atoms with E-state index < -0.39 is 23.8 Å². The molecule has 0 saturated carbocycles. The molecule has 0 radical (unpaired) electrons. The van der Waals surface area contributed by atoms with Gasteiger partial charge in [0.2, 0.25) is 0 Å². The largest absolute Gasteiger partial charge is 0.452 e. The first-order valence-electron chi connectivity index (χ1n) is 8.83. The first kappa shape index (κ1) is 20.5. The van der Waals surface area contributed by atoms with Gasteiger partial charge in [-0.2, -0.15) is 0 Å². The molecule has 0 aliphatic carbocycles. The lowest BCUT2D eigenvalue weighted by Crippen LogP contribution is -2.32. The van der Waals surface area contributed by atoms with E-state index in [0.717, 1.165) is 11.6 Å². The lowest BCUT2D eigenvalue weighted by molar-refractivity contribution is -0.153. The zero-order chi connectivity index (χ0) is 21.1. The van der Waals surface area contributed by atoms with Crippen molar-refractivity contribution in [3.05, 3.63) is 71.0 Å². The van der Waals surface area contributed by atoms with E-state index in [1.807, 2.05) is 0 Å². The third kappa shape index (κ3) is 4.46. The molecule has 1 atom stereocenters. The molecule has 1 heterocycles. The van der Waals surface area contributed by atoms with Crippen LogP contribution in [-0.2, 0) is 14.3 Å². The topological polar surface area (TPSA) is 75.7 Å². The van der Waals surface area contributed by atoms with Gasteiger partial charge in [0, 0.05) is 28.4 Å². The number of nitrogens with one attached hydrogen (secondary N) is 1. The normalized spacial score (nSPS) is 13.8. The van der Waals surface area contributed by atoms with Gasteiger partial charge in [-0.1, -0.05) is 36.4 Å². The Morgan fingerprint density at radius 2 is 1.93 bits per heavy atom. The van der Waals surface area contributed by atoms with Gasteiger partial charge in [-0.05, 0) is 31.2 Å². The number of hydrogen-bond acceptors (Lipinski definition) is 4. The van der Waals surface area contributed by atoms with E-state index in [1.165, 1.54) is 24.0 Å². The Morgan fingerprint density at radius 3 is 2.59 bits per heavy atom. The summed E-state index contributed by atoms with van der Waals surface area (Å²) >= 11 is 5.67. The lowest BCUT2D eigenvalue weighted by atomic mass is 10.1. The van der Waals surface area contributed by atoms with Crippen LogP contribution >= 0.6 is 11.6 Å². The fraction of sp³-hybridized carbons (Fsp3) is 0.190. The summed E-state index contributed by atoms with van der Waals surface area (Å²) in [5, 5.41) is 2.53. The summed E-state index contributed by atoms with van der Waals surface area (Å²) < 4.78 is 18.9. The number of rotatable bonds is 6. The standard InChI is InChI=1S/C21H18ClFN2O4/c1-12-15-5-3-4-6-16(15)21(28)25(12)10-9-19(26)29-13(2)20(27)24-18-8-7-14(22)11-17(18)23/h3-8,11,13H,1,9-10H2,2H3,(H,24,27). The molecule has 0 bridgehead atoms. The van der Waals surface area contributed by atoms with Crippen LogP contribution < -0.4 is 5.32 Å².